The van der Waals surface area contributed by atoms with Gasteiger partial charge in [-0.2, -0.15) is 0 Å². The highest BCUT2D eigenvalue weighted by molar-refractivity contribution is 5.52. The van der Waals surface area contributed by atoms with Crippen LogP contribution in [0.1, 0.15) is 34.0 Å². The van der Waals surface area contributed by atoms with Gasteiger partial charge in [-0.3, -0.25) is 19.8 Å². The first-order valence-corrected chi connectivity index (χ1v) is 9.03. The number of H-pyrrole nitrogens is 4. The van der Waals surface area contributed by atoms with Crippen LogP contribution in [0.15, 0.2) is 33.9 Å². The van der Waals surface area contributed by atoms with Crippen molar-refractivity contribution in [2.24, 2.45) is 0 Å². The maximum atomic E-state index is 12.5. The number of aryl methyl sites for hydroxylation is 2. The van der Waals surface area contributed by atoms with Gasteiger partial charge in [-0.1, -0.05) is 12.1 Å². The van der Waals surface area contributed by atoms with Crippen molar-refractivity contribution in [3.63, 3.8) is 0 Å². The van der Waals surface area contributed by atoms with Crippen LogP contribution in [-0.4, -0.2) is 46.7 Å². The van der Waals surface area contributed by atoms with Gasteiger partial charge in [-0.15, -0.1) is 0 Å². The molecule has 0 bridgehead atoms. The average molecular weight is 369 g/mol. The zero-order chi connectivity index (χ0) is 19.0. The summed E-state index contributed by atoms with van der Waals surface area (Å²) in [5.74, 6) is -0.450. The Morgan fingerprint density at radius 2 is 1.37 bits per heavy atom. The molecule has 1 aromatic carbocycles. The van der Waals surface area contributed by atoms with Crippen LogP contribution in [0.2, 0.25) is 0 Å². The first kappa shape index (κ1) is 17.4. The second kappa shape index (κ2) is 6.96. The van der Waals surface area contributed by atoms with Crippen molar-refractivity contribution >= 4 is 5.69 Å². The van der Waals surface area contributed by atoms with E-state index in [1.807, 2.05) is 38.1 Å². The molecule has 27 heavy (non-hydrogen) atoms. The van der Waals surface area contributed by atoms with Crippen molar-refractivity contribution in [1.82, 2.24) is 20.4 Å². The van der Waals surface area contributed by atoms with Crippen molar-refractivity contribution in [2.45, 2.75) is 19.8 Å². The highest BCUT2D eigenvalue weighted by Crippen LogP contribution is 2.32. The average Bonchev–Trinajstić information content (AvgIpc) is 3.20. The highest BCUT2D eigenvalue weighted by Gasteiger charge is 2.28. The van der Waals surface area contributed by atoms with Crippen molar-refractivity contribution in [1.29, 1.82) is 0 Å². The number of morpholine rings is 1. The fraction of sp³-hybridized carbons (Fsp3) is 0.368. The van der Waals surface area contributed by atoms with E-state index in [4.69, 9.17) is 4.74 Å². The van der Waals surface area contributed by atoms with E-state index in [1.165, 1.54) is 0 Å². The molecule has 0 spiro atoms. The number of rotatable bonds is 4. The summed E-state index contributed by atoms with van der Waals surface area (Å²) in [4.78, 5) is 27.2. The molecule has 1 aliphatic rings. The van der Waals surface area contributed by atoms with Crippen LogP contribution in [0.25, 0.3) is 0 Å². The van der Waals surface area contributed by atoms with E-state index in [0.717, 1.165) is 48.9 Å². The lowest BCUT2D eigenvalue weighted by molar-refractivity contribution is 0.122. The molecule has 8 heteroatoms. The van der Waals surface area contributed by atoms with Crippen LogP contribution in [0, 0.1) is 13.8 Å². The summed E-state index contributed by atoms with van der Waals surface area (Å²) in [7, 11) is 0. The summed E-state index contributed by atoms with van der Waals surface area (Å²) >= 11 is 0. The van der Waals surface area contributed by atoms with E-state index in [2.05, 4.69) is 25.3 Å². The third kappa shape index (κ3) is 3.12. The number of nitrogens with one attached hydrogen (secondary N) is 4. The molecule has 0 saturated carbocycles. The van der Waals surface area contributed by atoms with E-state index in [9.17, 15) is 9.59 Å². The van der Waals surface area contributed by atoms with Crippen LogP contribution < -0.4 is 16.0 Å². The molecule has 0 unspecified atom stereocenters. The molecule has 4 rings (SSSR count). The van der Waals surface area contributed by atoms with Crippen LogP contribution >= 0.6 is 0 Å². The molecule has 3 heterocycles. The summed E-state index contributed by atoms with van der Waals surface area (Å²) in [5.41, 5.74) is 4.15. The van der Waals surface area contributed by atoms with Gasteiger partial charge in [-0.25, -0.2) is 0 Å². The molecule has 1 fully saturated rings. The minimum absolute atomic E-state index is 0.213. The van der Waals surface area contributed by atoms with Gasteiger partial charge in [-0.05, 0) is 31.5 Å². The van der Waals surface area contributed by atoms with Gasteiger partial charge in [0.1, 0.15) is 0 Å². The number of hydrogen-bond acceptors (Lipinski definition) is 4. The highest BCUT2D eigenvalue weighted by atomic mass is 16.5. The van der Waals surface area contributed by atoms with Gasteiger partial charge < -0.3 is 19.8 Å². The first-order chi connectivity index (χ1) is 13.1. The number of nitrogens with zero attached hydrogens (tertiary/aromatic N) is 1. The van der Waals surface area contributed by atoms with Crippen molar-refractivity contribution in [2.75, 3.05) is 31.2 Å². The number of aromatic amines is 4. The number of anilines is 1. The maximum Gasteiger partial charge on any atom is 0.268 e. The Labute approximate surface area is 155 Å². The number of aromatic nitrogens is 4. The van der Waals surface area contributed by atoms with E-state index < -0.39 is 5.92 Å². The van der Waals surface area contributed by atoms with Gasteiger partial charge in [0, 0.05) is 36.1 Å². The molecule has 1 saturated heterocycles. The predicted molar refractivity (Wildman–Crippen MR) is 103 cm³/mol. The summed E-state index contributed by atoms with van der Waals surface area (Å²) in [6.07, 6.45) is 0. The van der Waals surface area contributed by atoms with Crippen LogP contribution in [0.4, 0.5) is 5.69 Å². The lowest BCUT2D eigenvalue weighted by Crippen LogP contribution is -2.36. The van der Waals surface area contributed by atoms with Crippen molar-refractivity contribution in [3.05, 3.63) is 73.1 Å². The third-order valence-corrected chi connectivity index (χ3v) is 5.20. The smallest absolute Gasteiger partial charge is 0.268 e. The molecule has 0 aliphatic carbocycles. The minimum atomic E-state index is -0.450. The second-order valence-corrected chi connectivity index (χ2v) is 6.86. The number of hydrogen-bond donors (Lipinski definition) is 4. The molecular formula is C19H23N5O3. The van der Waals surface area contributed by atoms with Crippen molar-refractivity contribution < 1.29 is 4.74 Å². The van der Waals surface area contributed by atoms with E-state index in [1.54, 1.807) is 0 Å². The monoisotopic (exact) mass is 369 g/mol. The molecular weight excluding hydrogens is 346 g/mol. The standard InChI is InChI=1S/C19H23N5O3/c1-11-15(18(25)22-20-11)17(16-12(2)21-23-19(16)26)13-3-5-14(6-4-13)24-7-9-27-10-8-24/h3-6,17H,7-10H2,1-2H3,(H2,20,22,25)(H2,21,23,26). The molecule has 0 amide bonds. The van der Waals surface area contributed by atoms with Crippen LogP contribution in [0.5, 0.6) is 0 Å². The Bertz CT molecular complexity index is 980. The number of ether oxygens (including phenoxy) is 1. The van der Waals surface area contributed by atoms with Gasteiger partial charge in [0.2, 0.25) is 0 Å². The fourth-order valence-electron chi connectivity index (χ4n) is 3.78. The first-order valence-electron chi connectivity index (χ1n) is 9.03. The molecule has 1 aliphatic heterocycles. The lowest BCUT2D eigenvalue weighted by Gasteiger charge is -2.29. The summed E-state index contributed by atoms with van der Waals surface area (Å²) in [6.45, 7) is 6.82. The van der Waals surface area contributed by atoms with E-state index >= 15 is 0 Å². The zero-order valence-electron chi connectivity index (χ0n) is 15.4. The maximum absolute atomic E-state index is 12.5. The van der Waals surface area contributed by atoms with Gasteiger partial charge in [0.25, 0.3) is 11.1 Å². The molecule has 3 aromatic rings. The quantitative estimate of drug-likeness (QED) is 0.556. The summed E-state index contributed by atoms with van der Waals surface area (Å²) in [5, 5.41) is 11.0. The Balaban J connectivity index is 1.80. The SMILES string of the molecule is Cc1[nH][nH]c(=O)c1C(c1ccc(N2CCOCC2)cc1)c1c(C)[nH][nH]c1=O. The van der Waals surface area contributed by atoms with Gasteiger partial charge in [0.05, 0.1) is 24.3 Å². The Kier molecular flexibility index (Phi) is 4.49. The molecule has 4 N–H and O–H groups in total. The zero-order valence-corrected chi connectivity index (χ0v) is 15.4. The van der Waals surface area contributed by atoms with E-state index in [0.29, 0.717) is 11.1 Å². The van der Waals surface area contributed by atoms with Gasteiger partial charge in [0.15, 0.2) is 0 Å². The fourth-order valence-corrected chi connectivity index (χ4v) is 3.78. The normalized spacial score (nSPS) is 14.9. The van der Waals surface area contributed by atoms with E-state index in [-0.39, 0.29) is 11.1 Å². The number of benzene rings is 1. The lowest BCUT2D eigenvalue weighted by atomic mass is 9.85. The third-order valence-electron chi connectivity index (χ3n) is 5.20. The topological polar surface area (TPSA) is 110 Å². The Morgan fingerprint density at radius 3 is 1.81 bits per heavy atom. The largest absolute Gasteiger partial charge is 0.378 e. The minimum Gasteiger partial charge on any atom is -0.378 e. The Hall–Kier alpha value is -3.00. The Morgan fingerprint density at radius 1 is 0.852 bits per heavy atom. The van der Waals surface area contributed by atoms with Crippen LogP contribution in [0.3, 0.4) is 0 Å². The molecule has 2 aromatic heterocycles. The summed E-state index contributed by atoms with van der Waals surface area (Å²) < 4.78 is 5.41. The van der Waals surface area contributed by atoms with Gasteiger partial charge >= 0.3 is 0 Å². The molecule has 8 nitrogen and oxygen atoms in total. The predicted octanol–water partition coefficient (Wildman–Crippen LogP) is 1.35. The van der Waals surface area contributed by atoms with Crippen molar-refractivity contribution in [3.8, 4) is 0 Å². The molecule has 0 radical (unpaired) electrons. The second-order valence-electron chi connectivity index (χ2n) is 6.86. The summed E-state index contributed by atoms with van der Waals surface area (Å²) in [6, 6.07) is 8.07. The van der Waals surface area contributed by atoms with Crippen LogP contribution in [-0.2, 0) is 4.74 Å². The molecule has 142 valence electrons. The molecule has 0 atom stereocenters.